The van der Waals surface area contributed by atoms with Gasteiger partial charge in [-0.1, -0.05) is 12.2 Å². The summed E-state index contributed by atoms with van der Waals surface area (Å²) in [4.78, 5) is 10.6. The van der Waals surface area contributed by atoms with Gasteiger partial charge in [0.05, 0.1) is 19.3 Å². The minimum Gasteiger partial charge on any atom is -0.504 e. The molecule has 4 nitrogen and oxygen atoms in total. The SMILES string of the molecule is COc1cc(C=CCO)cc(C=O)c1O. The van der Waals surface area contributed by atoms with Crippen LogP contribution in [0, 0.1) is 0 Å². The molecule has 1 aromatic rings. The van der Waals surface area contributed by atoms with Gasteiger partial charge in [-0.3, -0.25) is 4.79 Å². The van der Waals surface area contributed by atoms with Crippen LogP contribution in [0.3, 0.4) is 0 Å². The summed E-state index contributed by atoms with van der Waals surface area (Å²) >= 11 is 0. The first-order valence-electron chi connectivity index (χ1n) is 4.36. The smallest absolute Gasteiger partial charge is 0.168 e. The molecule has 0 saturated carbocycles. The fourth-order valence-corrected chi connectivity index (χ4v) is 1.18. The van der Waals surface area contributed by atoms with E-state index in [9.17, 15) is 9.90 Å². The molecule has 0 spiro atoms. The number of hydrogen-bond acceptors (Lipinski definition) is 4. The lowest BCUT2D eigenvalue weighted by atomic mass is 10.1. The van der Waals surface area contributed by atoms with E-state index in [1.807, 2.05) is 0 Å². The van der Waals surface area contributed by atoms with Gasteiger partial charge in [0.25, 0.3) is 0 Å². The second-order valence-electron chi connectivity index (χ2n) is 2.86. The molecule has 0 aromatic heterocycles. The zero-order chi connectivity index (χ0) is 11.3. The van der Waals surface area contributed by atoms with E-state index in [1.54, 1.807) is 12.1 Å². The first-order valence-corrected chi connectivity index (χ1v) is 4.36. The molecule has 0 atom stereocenters. The van der Waals surface area contributed by atoms with Crippen molar-refractivity contribution >= 4 is 12.4 Å². The average Bonchev–Trinajstić information content (AvgIpc) is 2.27. The standard InChI is InChI=1S/C11H12O4/c1-15-10-6-8(3-2-4-12)5-9(7-13)11(10)14/h2-3,5-7,12,14H,4H2,1H3. The third kappa shape index (κ3) is 2.57. The average molecular weight is 208 g/mol. The lowest BCUT2D eigenvalue weighted by molar-refractivity contribution is 0.112. The molecule has 0 fully saturated rings. The van der Waals surface area contributed by atoms with Gasteiger partial charge >= 0.3 is 0 Å². The molecule has 15 heavy (non-hydrogen) atoms. The number of hydrogen-bond donors (Lipinski definition) is 2. The largest absolute Gasteiger partial charge is 0.504 e. The van der Waals surface area contributed by atoms with E-state index in [4.69, 9.17) is 9.84 Å². The Morgan fingerprint density at radius 1 is 1.47 bits per heavy atom. The van der Waals surface area contributed by atoms with Crippen LogP contribution in [0.2, 0.25) is 0 Å². The maximum Gasteiger partial charge on any atom is 0.168 e. The molecule has 4 heteroatoms. The van der Waals surface area contributed by atoms with Crippen molar-refractivity contribution in [2.24, 2.45) is 0 Å². The van der Waals surface area contributed by atoms with Crippen molar-refractivity contribution in [1.29, 1.82) is 0 Å². The third-order valence-corrected chi connectivity index (χ3v) is 1.89. The van der Waals surface area contributed by atoms with Crippen LogP contribution in [0.1, 0.15) is 15.9 Å². The van der Waals surface area contributed by atoms with Crippen LogP contribution in [-0.2, 0) is 0 Å². The van der Waals surface area contributed by atoms with Crippen LogP contribution in [0.4, 0.5) is 0 Å². The zero-order valence-electron chi connectivity index (χ0n) is 8.30. The van der Waals surface area contributed by atoms with E-state index >= 15 is 0 Å². The molecular formula is C11H12O4. The number of phenols is 1. The fourth-order valence-electron chi connectivity index (χ4n) is 1.18. The van der Waals surface area contributed by atoms with Gasteiger partial charge in [-0.25, -0.2) is 0 Å². The maximum absolute atomic E-state index is 10.6. The van der Waals surface area contributed by atoms with Gasteiger partial charge in [0, 0.05) is 0 Å². The van der Waals surface area contributed by atoms with E-state index in [0.717, 1.165) is 0 Å². The number of aliphatic hydroxyl groups is 1. The Morgan fingerprint density at radius 2 is 2.20 bits per heavy atom. The Hall–Kier alpha value is -1.81. The van der Waals surface area contributed by atoms with Crippen molar-refractivity contribution in [1.82, 2.24) is 0 Å². The molecule has 1 rings (SSSR count). The molecule has 80 valence electrons. The Bertz CT molecular complexity index is 382. The minimum atomic E-state index is -0.173. The second-order valence-corrected chi connectivity index (χ2v) is 2.86. The van der Waals surface area contributed by atoms with Crippen molar-refractivity contribution in [3.8, 4) is 11.5 Å². The zero-order valence-corrected chi connectivity index (χ0v) is 8.30. The number of benzene rings is 1. The summed E-state index contributed by atoms with van der Waals surface area (Å²) in [5.74, 6) is 0.0610. The predicted octanol–water partition coefficient (Wildman–Crippen LogP) is 1.22. The Morgan fingerprint density at radius 3 is 2.73 bits per heavy atom. The summed E-state index contributed by atoms with van der Waals surface area (Å²) < 4.78 is 4.90. The van der Waals surface area contributed by atoms with Crippen LogP contribution in [0.5, 0.6) is 11.5 Å². The number of aromatic hydroxyl groups is 1. The highest BCUT2D eigenvalue weighted by Gasteiger charge is 2.08. The Balaban J connectivity index is 3.20. The second kappa shape index (κ2) is 5.17. The van der Waals surface area contributed by atoms with Crippen molar-refractivity contribution in [3.63, 3.8) is 0 Å². The number of carbonyl (C=O) groups excluding carboxylic acids is 1. The van der Waals surface area contributed by atoms with E-state index < -0.39 is 0 Å². The molecular weight excluding hydrogens is 196 g/mol. The molecule has 0 saturated heterocycles. The van der Waals surface area contributed by atoms with Gasteiger partial charge in [0.1, 0.15) is 0 Å². The maximum atomic E-state index is 10.6. The van der Waals surface area contributed by atoms with Crippen LogP contribution < -0.4 is 4.74 Å². The first-order chi connectivity index (χ1) is 7.22. The van der Waals surface area contributed by atoms with Gasteiger partial charge in [-0.15, -0.1) is 0 Å². The molecule has 0 radical (unpaired) electrons. The number of aldehydes is 1. The summed E-state index contributed by atoms with van der Waals surface area (Å²) in [6.45, 7) is -0.0837. The van der Waals surface area contributed by atoms with Gasteiger partial charge in [0.2, 0.25) is 0 Å². The molecule has 0 aliphatic carbocycles. The molecule has 0 aliphatic rings. The van der Waals surface area contributed by atoms with E-state index in [0.29, 0.717) is 11.8 Å². The first kappa shape index (κ1) is 11.3. The van der Waals surface area contributed by atoms with Crippen molar-refractivity contribution in [3.05, 3.63) is 29.3 Å². The minimum absolute atomic E-state index is 0.0837. The topological polar surface area (TPSA) is 66.8 Å². The predicted molar refractivity (Wildman–Crippen MR) is 56.2 cm³/mol. The van der Waals surface area contributed by atoms with Crippen LogP contribution in [0.25, 0.3) is 6.08 Å². The van der Waals surface area contributed by atoms with E-state index in [2.05, 4.69) is 0 Å². The molecule has 0 amide bonds. The van der Waals surface area contributed by atoms with E-state index in [-0.39, 0.29) is 23.7 Å². The molecule has 2 N–H and O–H groups in total. The summed E-state index contributed by atoms with van der Waals surface area (Å²) in [6, 6.07) is 3.09. The molecule has 0 bridgehead atoms. The number of methoxy groups -OCH3 is 1. The fraction of sp³-hybridized carbons (Fsp3) is 0.182. The third-order valence-electron chi connectivity index (χ3n) is 1.89. The van der Waals surface area contributed by atoms with Crippen molar-refractivity contribution < 1.29 is 19.7 Å². The highest BCUT2D eigenvalue weighted by molar-refractivity contribution is 5.82. The molecule has 1 aromatic carbocycles. The number of carbonyl (C=O) groups is 1. The van der Waals surface area contributed by atoms with Crippen LogP contribution >= 0.6 is 0 Å². The van der Waals surface area contributed by atoms with Gasteiger partial charge in [0.15, 0.2) is 17.8 Å². The van der Waals surface area contributed by atoms with Crippen molar-refractivity contribution in [2.45, 2.75) is 0 Å². The lowest BCUT2D eigenvalue weighted by Gasteiger charge is -2.06. The number of aliphatic hydroxyl groups excluding tert-OH is 1. The van der Waals surface area contributed by atoms with Gasteiger partial charge in [-0.05, 0) is 17.7 Å². The normalized spacial score (nSPS) is 10.5. The van der Waals surface area contributed by atoms with Crippen molar-refractivity contribution in [2.75, 3.05) is 13.7 Å². The lowest BCUT2D eigenvalue weighted by Crippen LogP contribution is -1.90. The number of rotatable bonds is 4. The summed E-state index contributed by atoms with van der Waals surface area (Å²) in [6.07, 6.45) is 3.71. The van der Waals surface area contributed by atoms with Crippen LogP contribution in [-0.4, -0.2) is 30.2 Å². The summed E-state index contributed by atoms with van der Waals surface area (Å²) in [5, 5.41) is 18.1. The van der Waals surface area contributed by atoms with Gasteiger partial charge < -0.3 is 14.9 Å². The van der Waals surface area contributed by atoms with Crippen LogP contribution in [0.15, 0.2) is 18.2 Å². The summed E-state index contributed by atoms with van der Waals surface area (Å²) in [5.41, 5.74) is 0.840. The molecule has 0 aliphatic heterocycles. The molecule has 0 heterocycles. The number of ether oxygens (including phenoxy) is 1. The summed E-state index contributed by atoms with van der Waals surface area (Å²) in [7, 11) is 1.41. The van der Waals surface area contributed by atoms with Gasteiger partial charge in [-0.2, -0.15) is 0 Å². The highest BCUT2D eigenvalue weighted by Crippen LogP contribution is 2.30. The monoisotopic (exact) mass is 208 g/mol. The Kier molecular flexibility index (Phi) is 3.88. The molecule has 0 unspecified atom stereocenters. The van der Waals surface area contributed by atoms with E-state index in [1.165, 1.54) is 19.3 Å². The number of phenolic OH excluding ortho intramolecular Hbond substituents is 1. The quantitative estimate of drug-likeness (QED) is 0.730. The Labute approximate surface area is 87.4 Å². The highest BCUT2D eigenvalue weighted by atomic mass is 16.5.